The standard InChI is InChI=1S/C29H36FN3O4/c1-3-8-24-29(36)33-25(26(34)19-31-18-22-10-7-9-20(4-2)15-22)17-21-12-13-27(23(30)16-21)37-14-6-5-11-28(35)32-24/h1,7,9-10,12-13,15-16,24-26,31,34H,4-6,8,11,14,17-19H2,2H3,(H,32,35)(H,33,36)/t24?,25-,26+/m0/s1. The highest BCUT2D eigenvalue weighted by Gasteiger charge is 2.27. The molecule has 4 N–H and O–H groups in total. The molecule has 0 spiro atoms. The van der Waals surface area contributed by atoms with Crippen LogP contribution in [0.4, 0.5) is 4.39 Å². The SMILES string of the molecule is C#CCC1NC(=O)CCCCOc2ccc(cc2F)C[C@@H]([C@H](O)CNCc2cccc(CC)c2)NC1=O. The molecule has 1 unspecified atom stereocenters. The van der Waals surface area contributed by atoms with Crippen molar-refractivity contribution in [2.75, 3.05) is 13.2 Å². The fraction of sp³-hybridized carbons (Fsp3) is 0.448. The van der Waals surface area contributed by atoms with Crippen molar-refractivity contribution < 1.29 is 23.8 Å². The molecular formula is C29H36FN3O4. The number of fused-ring (bicyclic) bond motifs is 13. The van der Waals surface area contributed by atoms with Crippen LogP contribution in [0.2, 0.25) is 0 Å². The smallest absolute Gasteiger partial charge is 0.243 e. The Morgan fingerprint density at radius 3 is 2.76 bits per heavy atom. The van der Waals surface area contributed by atoms with Gasteiger partial charge in [0.25, 0.3) is 0 Å². The number of benzene rings is 2. The van der Waals surface area contributed by atoms with E-state index in [-0.39, 0.29) is 44.1 Å². The Morgan fingerprint density at radius 1 is 1.19 bits per heavy atom. The van der Waals surface area contributed by atoms with Crippen LogP contribution in [0.3, 0.4) is 0 Å². The van der Waals surface area contributed by atoms with E-state index in [1.165, 1.54) is 11.6 Å². The average molecular weight is 510 g/mol. The molecule has 2 aliphatic heterocycles. The summed E-state index contributed by atoms with van der Waals surface area (Å²) in [6, 6.07) is 11.1. The Labute approximate surface area is 218 Å². The third-order valence-corrected chi connectivity index (χ3v) is 6.36. The van der Waals surface area contributed by atoms with Crippen LogP contribution in [0.15, 0.2) is 42.5 Å². The van der Waals surface area contributed by atoms with Gasteiger partial charge >= 0.3 is 0 Å². The number of aliphatic hydroxyl groups excluding tert-OH is 1. The van der Waals surface area contributed by atoms with Gasteiger partial charge in [0.1, 0.15) is 6.04 Å². The van der Waals surface area contributed by atoms with E-state index >= 15 is 0 Å². The molecule has 0 aromatic heterocycles. The van der Waals surface area contributed by atoms with Gasteiger partial charge in [-0.1, -0.05) is 37.3 Å². The molecule has 2 aromatic carbocycles. The lowest BCUT2D eigenvalue weighted by atomic mass is 9.99. The molecule has 0 aliphatic carbocycles. The van der Waals surface area contributed by atoms with Gasteiger partial charge in [-0.3, -0.25) is 9.59 Å². The van der Waals surface area contributed by atoms with Crippen LogP contribution in [-0.4, -0.2) is 48.3 Å². The lowest BCUT2D eigenvalue weighted by Gasteiger charge is -2.27. The third-order valence-electron chi connectivity index (χ3n) is 6.36. The summed E-state index contributed by atoms with van der Waals surface area (Å²) < 4.78 is 20.2. The lowest BCUT2D eigenvalue weighted by molar-refractivity contribution is -0.129. The van der Waals surface area contributed by atoms with Gasteiger partial charge in [0.2, 0.25) is 11.8 Å². The molecule has 8 heteroatoms. The van der Waals surface area contributed by atoms with Crippen molar-refractivity contribution in [2.24, 2.45) is 0 Å². The first kappa shape index (κ1) is 28.2. The molecule has 37 heavy (non-hydrogen) atoms. The van der Waals surface area contributed by atoms with Gasteiger partial charge in [0.15, 0.2) is 11.6 Å². The zero-order valence-corrected chi connectivity index (χ0v) is 21.3. The molecule has 2 bridgehead atoms. The van der Waals surface area contributed by atoms with Gasteiger partial charge in [-0.25, -0.2) is 4.39 Å². The van der Waals surface area contributed by atoms with E-state index in [2.05, 4.69) is 40.9 Å². The van der Waals surface area contributed by atoms with Crippen LogP contribution < -0.4 is 20.7 Å². The van der Waals surface area contributed by atoms with Gasteiger partial charge in [0.05, 0.1) is 18.8 Å². The molecule has 2 amide bonds. The second kappa shape index (κ2) is 14.4. The second-order valence-electron chi connectivity index (χ2n) is 9.29. The van der Waals surface area contributed by atoms with Crippen molar-refractivity contribution in [1.82, 2.24) is 16.0 Å². The van der Waals surface area contributed by atoms with Gasteiger partial charge in [-0.2, -0.15) is 0 Å². The number of amides is 2. The fourth-order valence-corrected chi connectivity index (χ4v) is 4.24. The summed E-state index contributed by atoms with van der Waals surface area (Å²) in [4.78, 5) is 25.5. The number of aryl methyl sites for hydroxylation is 1. The van der Waals surface area contributed by atoms with Gasteiger partial charge in [-0.15, -0.1) is 12.3 Å². The normalized spacial score (nSPS) is 19.8. The first-order chi connectivity index (χ1) is 17.9. The van der Waals surface area contributed by atoms with E-state index in [0.717, 1.165) is 12.0 Å². The van der Waals surface area contributed by atoms with Crippen LogP contribution in [0, 0.1) is 18.2 Å². The highest BCUT2D eigenvalue weighted by Crippen LogP contribution is 2.20. The monoisotopic (exact) mass is 509 g/mol. The molecule has 7 nitrogen and oxygen atoms in total. The number of rotatable bonds is 7. The zero-order chi connectivity index (χ0) is 26.6. The minimum Gasteiger partial charge on any atom is -0.491 e. The lowest BCUT2D eigenvalue weighted by Crippen LogP contribution is -2.54. The molecule has 4 rings (SSSR count). The Kier molecular flexibility index (Phi) is 10.9. The van der Waals surface area contributed by atoms with Crippen molar-refractivity contribution >= 4 is 11.8 Å². The van der Waals surface area contributed by atoms with E-state index in [9.17, 15) is 19.1 Å². The second-order valence-corrected chi connectivity index (χ2v) is 9.29. The number of halogens is 1. The maximum absolute atomic E-state index is 14.7. The zero-order valence-electron chi connectivity index (χ0n) is 21.3. The molecule has 2 heterocycles. The summed E-state index contributed by atoms with van der Waals surface area (Å²) >= 11 is 0. The van der Waals surface area contributed by atoms with Crippen molar-refractivity contribution in [3.05, 3.63) is 65.0 Å². The Bertz CT molecular complexity index is 1100. The summed E-state index contributed by atoms with van der Waals surface area (Å²) in [6.07, 6.45) is 6.84. The molecule has 2 aromatic rings. The number of hydrogen-bond acceptors (Lipinski definition) is 5. The largest absolute Gasteiger partial charge is 0.491 e. The van der Waals surface area contributed by atoms with E-state index in [0.29, 0.717) is 24.9 Å². The molecule has 0 saturated carbocycles. The van der Waals surface area contributed by atoms with Crippen molar-refractivity contribution in [2.45, 2.75) is 70.2 Å². The van der Waals surface area contributed by atoms with Crippen LogP contribution >= 0.6 is 0 Å². The summed E-state index contributed by atoms with van der Waals surface area (Å²) in [5.41, 5.74) is 2.90. The van der Waals surface area contributed by atoms with Crippen molar-refractivity contribution in [3.63, 3.8) is 0 Å². The topological polar surface area (TPSA) is 99.7 Å². The van der Waals surface area contributed by atoms with E-state index in [4.69, 9.17) is 11.2 Å². The van der Waals surface area contributed by atoms with Crippen LogP contribution in [0.25, 0.3) is 0 Å². The van der Waals surface area contributed by atoms with Gasteiger partial charge in [-0.05, 0) is 54.5 Å². The van der Waals surface area contributed by atoms with Gasteiger partial charge in [0, 0.05) is 25.9 Å². The summed E-state index contributed by atoms with van der Waals surface area (Å²) in [7, 11) is 0. The molecular weight excluding hydrogens is 473 g/mol. The van der Waals surface area contributed by atoms with Gasteiger partial charge < -0.3 is 25.8 Å². The molecule has 0 radical (unpaired) electrons. The highest BCUT2D eigenvalue weighted by atomic mass is 19.1. The molecule has 198 valence electrons. The van der Waals surface area contributed by atoms with E-state index in [1.807, 2.05) is 12.1 Å². The predicted octanol–water partition coefficient (Wildman–Crippen LogP) is 2.64. The number of carbonyl (C=O) groups excluding carboxylic acids is 2. The number of carbonyl (C=O) groups is 2. The maximum atomic E-state index is 14.7. The molecule has 0 saturated heterocycles. The Morgan fingerprint density at radius 2 is 2.00 bits per heavy atom. The Balaban J connectivity index is 1.77. The van der Waals surface area contributed by atoms with E-state index in [1.54, 1.807) is 12.1 Å². The van der Waals surface area contributed by atoms with Crippen molar-refractivity contribution in [3.8, 4) is 18.1 Å². The quantitative estimate of drug-likeness (QED) is 0.430. The minimum absolute atomic E-state index is 0.0127. The minimum atomic E-state index is -0.988. The van der Waals surface area contributed by atoms with Crippen LogP contribution in [0.5, 0.6) is 5.75 Å². The number of aliphatic hydroxyl groups is 1. The number of hydrogen-bond donors (Lipinski definition) is 4. The molecule has 0 fully saturated rings. The van der Waals surface area contributed by atoms with Crippen LogP contribution in [-0.2, 0) is 29.0 Å². The summed E-state index contributed by atoms with van der Waals surface area (Å²) in [5, 5.41) is 19.8. The van der Waals surface area contributed by atoms with E-state index < -0.39 is 29.9 Å². The first-order valence-electron chi connectivity index (χ1n) is 12.8. The first-order valence-corrected chi connectivity index (χ1v) is 12.8. The summed E-state index contributed by atoms with van der Waals surface area (Å²) in [5.74, 6) is 1.26. The maximum Gasteiger partial charge on any atom is 0.243 e. The molecule has 2 aliphatic rings. The predicted molar refractivity (Wildman–Crippen MR) is 140 cm³/mol. The third kappa shape index (κ3) is 8.88. The number of terminal acetylenes is 1. The molecule has 3 atom stereocenters. The number of nitrogens with one attached hydrogen (secondary N) is 3. The average Bonchev–Trinajstić information content (AvgIpc) is 2.88. The fourth-order valence-electron chi connectivity index (χ4n) is 4.24. The van der Waals surface area contributed by atoms with Crippen LogP contribution in [0.1, 0.15) is 49.3 Å². The Hall–Kier alpha value is -3.41. The summed E-state index contributed by atoms with van der Waals surface area (Å²) in [6.45, 7) is 3.10. The number of ether oxygens (including phenoxy) is 1. The van der Waals surface area contributed by atoms with Crippen molar-refractivity contribution in [1.29, 1.82) is 0 Å². The highest BCUT2D eigenvalue weighted by molar-refractivity contribution is 5.88.